The van der Waals surface area contributed by atoms with Gasteiger partial charge in [0.2, 0.25) is 5.91 Å². The molecule has 0 aliphatic carbocycles. The predicted octanol–water partition coefficient (Wildman–Crippen LogP) is 0.0741. The molecule has 0 unspecified atom stereocenters. The van der Waals surface area contributed by atoms with E-state index in [0.29, 0.717) is 6.61 Å². The first-order chi connectivity index (χ1) is 5.07. The highest BCUT2D eigenvalue weighted by Crippen LogP contribution is 1.86. The highest BCUT2D eigenvalue weighted by Gasteiger charge is 2.13. The zero-order valence-corrected chi connectivity index (χ0v) is 7.01. The van der Waals surface area contributed by atoms with Crippen LogP contribution in [0.25, 0.3) is 0 Å². The van der Waals surface area contributed by atoms with E-state index in [1.54, 1.807) is 13.8 Å². The summed E-state index contributed by atoms with van der Waals surface area (Å²) in [6.07, 6.45) is 0. The van der Waals surface area contributed by atoms with Crippen molar-refractivity contribution in [1.82, 2.24) is 5.32 Å². The SMILES string of the molecule is CCOC(=O)[C@@H](C)NC(C)=O. The number of hydrogen-bond donors (Lipinski definition) is 1. The fraction of sp³-hybridized carbons (Fsp3) is 0.714. The van der Waals surface area contributed by atoms with Crippen LogP contribution in [0.1, 0.15) is 20.8 Å². The molecule has 4 nitrogen and oxygen atoms in total. The van der Waals surface area contributed by atoms with Gasteiger partial charge >= 0.3 is 5.97 Å². The molecule has 0 fully saturated rings. The van der Waals surface area contributed by atoms with Crippen LogP contribution in [0.2, 0.25) is 0 Å². The van der Waals surface area contributed by atoms with E-state index in [0.717, 1.165) is 0 Å². The van der Waals surface area contributed by atoms with Gasteiger partial charge in [-0.2, -0.15) is 0 Å². The Kier molecular flexibility index (Phi) is 4.26. The van der Waals surface area contributed by atoms with Gasteiger partial charge in [0.25, 0.3) is 0 Å². The maximum atomic E-state index is 10.8. The largest absolute Gasteiger partial charge is 0.464 e. The van der Waals surface area contributed by atoms with E-state index < -0.39 is 12.0 Å². The first-order valence-corrected chi connectivity index (χ1v) is 3.51. The van der Waals surface area contributed by atoms with Gasteiger partial charge in [-0.25, -0.2) is 4.79 Å². The lowest BCUT2D eigenvalue weighted by Crippen LogP contribution is -2.38. The van der Waals surface area contributed by atoms with Gasteiger partial charge in [-0.15, -0.1) is 0 Å². The summed E-state index contributed by atoms with van der Waals surface area (Å²) in [6.45, 7) is 5.00. The minimum absolute atomic E-state index is 0.231. The summed E-state index contributed by atoms with van der Waals surface area (Å²) < 4.78 is 4.65. The van der Waals surface area contributed by atoms with Crippen LogP contribution in [0.3, 0.4) is 0 Å². The molecular formula is C7H13NO3. The van der Waals surface area contributed by atoms with E-state index in [1.165, 1.54) is 6.92 Å². The smallest absolute Gasteiger partial charge is 0.328 e. The third-order valence-electron chi connectivity index (χ3n) is 1.06. The number of amides is 1. The molecule has 4 heteroatoms. The number of ether oxygens (including phenoxy) is 1. The summed E-state index contributed by atoms with van der Waals surface area (Å²) in [5, 5.41) is 2.41. The zero-order chi connectivity index (χ0) is 8.85. The fourth-order valence-corrected chi connectivity index (χ4v) is 0.631. The van der Waals surface area contributed by atoms with Crippen LogP contribution in [0, 0.1) is 0 Å². The number of hydrogen-bond acceptors (Lipinski definition) is 3. The van der Waals surface area contributed by atoms with Crippen molar-refractivity contribution in [2.75, 3.05) is 6.61 Å². The first kappa shape index (κ1) is 9.94. The van der Waals surface area contributed by atoms with Gasteiger partial charge in [0.05, 0.1) is 6.61 Å². The molecule has 64 valence electrons. The Bertz CT molecular complexity index is 156. The molecule has 0 rings (SSSR count). The number of rotatable bonds is 3. The Labute approximate surface area is 65.9 Å². The molecule has 1 N–H and O–H groups in total. The van der Waals surface area contributed by atoms with Crippen molar-refractivity contribution in [3.8, 4) is 0 Å². The summed E-state index contributed by atoms with van der Waals surface area (Å²) >= 11 is 0. The molecule has 0 aliphatic heterocycles. The Hall–Kier alpha value is -1.06. The lowest BCUT2D eigenvalue weighted by molar-refractivity contribution is -0.146. The van der Waals surface area contributed by atoms with Crippen LogP contribution in [0.5, 0.6) is 0 Å². The van der Waals surface area contributed by atoms with Gasteiger partial charge in [-0.1, -0.05) is 0 Å². The van der Waals surface area contributed by atoms with Crippen LogP contribution < -0.4 is 5.32 Å². The van der Waals surface area contributed by atoms with E-state index in [9.17, 15) is 9.59 Å². The summed E-state index contributed by atoms with van der Waals surface area (Å²) in [5.41, 5.74) is 0. The Balaban J connectivity index is 3.73. The van der Waals surface area contributed by atoms with E-state index >= 15 is 0 Å². The Morgan fingerprint density at radius 3 is 2.45 bits per heavy atom. The monoisotopic (exact) mass is 159 g/mol. The molecule has 0 heterocycles. The predicted molar refractivity (Wildman–Crippen MR) is 39.9 cm³/mol. The molecule has 0 bridgehead atoms. The minimum Gasteiger partial charge on any atom is -0.464 e. The number of carbonyl (C=O) groups is 2. The second-order valence-corrected chi connectivity index (χ2v) is 2.17. The molecule has 0 spiro atoms. The zero-order valence-electron chi connectivity index (χ0n) is 7.01. The van der Waals surface area contributed by atoms with Crippen LogP contribution in [-0.4, -0.2) is 24.5 Å². The second kappa shape index (κ2) is 4.71. The third-order valence-corrected chi connectivity index (χ3v) is 1.06. The quantitative estimate of drug-likeness (QED) is 0.593. The van der Waals surface area contributed by atoms with Crippen molar-refractivity contribution < 1.29 is 14.3 Å². The second-order valence-electron chi connectivity index (χ2n) is 2.17. The van der Waals surface area contributed by atoms with E-state index in [-0.39, 0.29) is 5.91 Å². The molecule has 1 amide bonds. The van der Waals surface area contributed by atoms with Crippen LogP contribution >= 0.6 is 0 Å². The summed E-state index contributed by atoms with van der Waals surface area (Å²) in [6, 6.07) is -0.549. The van der Waals surface area contributed by atoms with Gasteiger partial charge < -0.3 is 10.1 Å². The standard InChI is InChI=1S/C7H13NO3/c1-4-11-7(10)5(2)8-6(3)9/h5H,4H2,1-3H3,(H,8,9)/t5-/m1/s1. The van der Waals surface area contributed by atoms with Crippen molar-refractivity contribution in [3.63, 3.8) is 0 Å². The number of carbonyl (C=O) groups excluding carboxylic acids is 2. The lowest BCUT2D eigenvalue weighted by Gasteiger charge is -2.09. The molecule has 0 aromatic heterocycles. The van der Waals surface area contributed by atoms with Gasteiger partial charge in [0.15, 0.2) is 0 Å². The highest BCUT2D eigenvalue weighted by atomic mass is 16.5. The molecule has 11 heavy (non-hydrogen) atoms. The Morgan fingerprint density at radius 1 is 1.55 bits per heavy atom. The van der Waals surface area contributed by atoms with Crippen molar-refractivity contribution in [2.24, 2.45) is 0 Å². The van der Waals surface area contributed by atoms with Gasteiger partial charge in [0.1, 0.15) is 6.04 Å². The van der Waals surface area contributed by atoms with Crippen molar-refractivity contribution in [1.29, 1.82) is 0 Å². The minimum atomic E-state index is -0.549. The summed E-state index contributed by atoms with van der Waals surface area (Å²) in [4.78, 5) is 21.3. The molecule has 0 aliphatic rings. The maximum Gasteiger partial charge on any atom is 0.328 e. The van der Waals surface area contributed by atoms with Gasteiger partial charge in [-0.3, -0.25) is 4.79 Å². The first-order valence-electron chi connectivity index (χ1n) is 3.51. The number of nitrogens with one attached hydrogen (secondary N) is 1. The number of esters is 1. The van der Waals surface area contributed by atoms with Crippen molar-refractivity contribution in [3.05, 3.63) is 0 Å². The fourth-order valence-electron chi connectivity index (χ4n) is 0.631. The van der Waals surface area contributed by atoms with Crippen molar-refractivity contribution >= 4 is 11.9 Å². The normalized spacial score (nSPS) is 11.9. The molecule has 0 saturated heterocycles. The van der Waals surface area contributed by atoms with Gasteiger partial charge in [-0.05, 0) is 13.8 Å². The Morgan fingerprint density at radius 2 is 2.09 bits per heavy atom. The lowest BCUT2D eigenvalue weighted by atomic mass is 10.3. The topological polar surface area (TPSA) is 55.4 Å². The summed E-state index contributed by atoms with van der Waals surface area (Å²) in [5.74, 6) is -0.631. The van der Waals surface area contributed by atoms with Gasteiger partial charge in [0, 0.05) is 6.92 Å². The van der Waals surface area contributed by atoms with E-state index in [4.69, 9.17) is 0 Å². The molecule has 0 radical (unpaired) electrons. The molecule has 0 saturated carbocycles. The van der Waals surface area contributed by atoms with Crippen molar-refractivity contribution in [2.45, 2.75) is 26.8 Å². The van der Waals surface area contributed by atoms with Crippen LogP contribution in [-0.2, 0) is 14.3 Å². The third kappa shape index (κ3) is 4.36. The highest BCUT2D eigenvalue weighted by molar-refractivity contribution is 5.82. The molecular weight excluding hydrogens is 146 g/mol. The average Bonchev–Trinajstić information content (AvgIpc) is 1.86. The molecule has 0 aromatic carbocycles. The molecule has 0 aromatic rings. The van der Waals surface area contributed by atoms with E-state index in [1.807, 2.05) is 0 Å². The van der Waals surface area contributed by atoms with Crippen LogP contribution in [0.15, 0.2) is 0 Å². The van der Waals surface area contributed by atoms with E-state index in [2.05, 4.69) is 10.1 Å². The average molecular weight is 159 g/mol. The van der Waals surface area contributed by atoms with Crippen LogP contribution in [0.4, 0.5) is 0 Å². The maximum absolute atomic E-state index is 10.8. The summed E-state index contributed by atoms with van der Waals surface area (Å²) in [7, 11) is 0. The molecule has 1 atom stereocenters.